The Morgan fingerprint density at radius 1 is 1.07 bits per heavy atom. The van der Waals surface area contributed by atoms with E-state index in [4.69, 9.17) is 17.3 Å². The first-order valence-corrected chi connectivity index (χ1v) is 8.47. The first kappa shape index (κ1) is 16.9. The fourth-order valence-electron chi connectivity index (χ4n) is 2.70. The first-order chi connectivity index (χ1) is 13.1. The second kappa shape index (κ2) is 7.00. The minimum atomic E-state index is -0.441. The van der Waals surface area contributed by atoms with Crippen LogP contribution < -0.4 is 11.1 Å². The van der Waals surface area contributed by atoms with Crippen LogP contribution in [0, 0.1) is 0 Å². The maximum absolute atomic E-state index is 12.7. The smallest absolute Gasteiger partial charge is 0.344 e. The first-order valence-electron chi connectivity index (χ1n) is 8.09. The molecule has 8 nitrogen and oxygen atoms in total. The van der Waals surface area contributed by atoms with Crippen LogP contribution in [0.25, 0.3) is 22.3 Å². The van der Waals surface area contributed by atoms with Crippen LogP contribution >= 0.6 is 11.6 Å². The van der Waals surface area contributed by atoms with Crippen LogP contribution in [-0.4, -0.2) is 31.2 Å². The van der Waals surface area contributed by atoms with E-state index in [2.05, 4.69) is 25.8 Å². The van der Waals surface area contributed by atoms with E-state index in [-0.39, 0.29) is 11.5 Å². The Hall–Kier alpha value is -3.52. The molecule has 0 aliphatic heterocycles. The van der Waals surface area contributed by atoms with E-state index < -0.39 is 6.03 Å². The number of rotatable bonds is 3. The maximum atomic E-state index is 12.7. The molecular formula is C18H14ClN7O. The van der Waals surface area contributed by atoms with Gasteiger partial charge in [-0.2, -0.15) is 9.78 Å². The van der Waals surface area contributed by atoms with Crippen LogP contribution in [-0.2, 0) is 6.54 Å². The molecule has 0 atom stereocenters. The number of nitrogen functional groups attached to an aromatic ring is 1. The summed E-state index contributed by atoms with van der Waals surface area (Å²) in [6, 6.07) is 16.2. The Morgan fingerprint density at radius 2 is 1.81 bits per heavy atom. The number of fused-ring (bicyclic) bond motifs is 1. The number of nitrogens with zero attached hydrogens (tertiary/aromatic N) is 5. The van der Waals surface area contributed by atoms with Crippen molar-refractivity contribution >= 4 is 34.5 Å². The third-order valence-electron chi connectivity index (χ3n) is 4.01. The summed E-state index contributed by atoms with van der Waals surface area (Å²) < 4.78 is 1.15. The van der Waals surface area contributed by atoms with Crippen molar-refractivity contribution in [2.45, 2.75) is 6.54 Å². The summed E-state index contributed by atoms with van der Waals surface area (Å²) in [5, 5.41) is 19.6. The summed E-state index contributed by atoms with van der Waals surface area (Å²) in [6.07, 6.45) is 0. The molecule has 0 unspecified atom stereocenters. The number of hydrogen-bond acceptors (Lipinski definition) is 6. The summed E-state index contributed by atoms with van der Waals surface area (Å²) in [4.78, 5) is 12.7. The lowest BCUT2D eigenvalue weighted by Crippen LogP contribution is -2.29. The molecule has 0 saturated carbocycles. The van der Waals surface area contributed by atoms with Gasteiger partial charge in [-0.3, -0.25) is 0 Å². The maximum Gasteiger partial charge on any atom is 0.344 e. The minimum Gasteiger partial charge on any atom is -0.381 e. The van der Waals surface area contributed by atoms with E-state index in [1.165, 1.54) is 0 Å². The third kappa shape index (κ3) is 3.30. The predicted molar refractivity (Wildman–Crippen MR) is 102 cm³/mol. The van der Waals surface area contributed by atoms with Gasteiger partial charge in [0.25, 0.3) is 0 Å². The van der Waals surface area contributed by atoms with Gasteiger partial charge in [-0.1, -0.05) is 54.1 Å². The van der Waals surface area contributed by atoms with Crippen molar-refractivity contribution in [3.63, 3.8) is 0 Å². The van der Waals surface area contributed by atoms with Gasteiger partial charge in [0.2, 0.25) is 0 Å². The second-order valence-corrected chi connectivity index (χ2v) is 6.22. The SMILES string of the molecule is Nc1nnnc2c1c(-c1ccc(Cl)cc1)nn2C(=O)NCc1ccccc1. The summed E-state index contributed by atoms with van der Waals surface area (Å²) in [7, 11) is 0. The largest absolute Gasteiger partial charge is 0.381 e. The van der Waals surface area contributed by atoms with Crippen LogP contribution in [0.3, 0.4) is 0 Å². The van der Waals surface area contributed by atoms with Crippen molar-refractivity contribution in [3.8, 4) is 11.3 Å². The molecule has 9 heteroatoms. The molecule has 134 valence electrons. The van der Waals surface area contributed by atoms with Crippen molar-refractivity contribution in [1.82, 2.24) is 30.5 Å². The van der Waals surface area contributed by atoms with Gasteiger partial charge in [0.15, 0.2) is 11.5 Å². The monoisotopic (exact) mass is 379 g/mol. The Morgan fingerprint density at radius 3 is 2.56 bits per heavy atom. The topological polar surface area (TPSA) is 112 Å². The van der Waals surface area contributed by atoms with Crippen LogP contribution in [0.4, 0.5) is 10.6 Å². The van der Waals surface area contributed by atoms with Gasteiger partial charge in [-0.15, -0.1) is 10.2 Å². The number of halogens is 1. The quantitative estimate of drug-likeness (QED) is 0.566. The fraction of sp³-hybridized carbons (Fsp3) is 0.0556. The summed E-state index contributed by atoms with van der Waals surface area (Å²) in [5.74, 6) is 0.145. The molecule has 0 aliphatic rings. The highest BCUT2D eigenvalue weighted by Crippen LogP contribution is 2.30. The lowest BCUT2D eigenvalue weighted by molar-refractivity contribution is 0.240. The van der Waals surface area contributed by atoms with Gasteiger partial charge >= 0.3 is 6.03 Å². The zero-order valence-electron chi connectivity index (χ0n) is 14.0. The molecule has 4 rings (SSSR count). The van der Waals surface area contributed by atoms with Crippen molar-refractivity contribution in [2.75, 3.05) is 5.73 Å². The zero-order valence-corrected chi connectivity index (χ0v) is 14.8. The highest BCUT2D eigenvalue weighted by Gasteiger charge is 2.21. The molecule has 0 fully saturated rings. The average molecular weight is 380 g/mol. The zero-order chi connectivity index (χ0) is 18.8. The predicted octanol–water partition coefficient (Wildman–Crippen LogP) is 2.88. The van der Waals surface area contributed by atoms with Gasteiger partial charge in [0.1, 0.15) is 5.69 Å². The number of hydrogen-bond donors (Lipinski definition) is 2. The summed E-state index contributed by atoms with van der Waals surface area (Å²) >= 11 is 5.95. The van der Waals surface area contributed by atoms with Crippen molar-refractivity contribution < 1.29 is 4.79 Å². The van der Waals surface area contributed by atoms with Crippen molar-refractivity contribution in [3.05, 3.63) is 65.2 Å². The lowest BCUT2D eigenvalue weighted by Gasteiger charge is -2.05. The van der Waals surface area contributed by atoms with Crippen molar-refractivity contribution in [1.29, 1.82) is 0 Å². The molecule has 3 N–H and O–H groups in total. The third-order valence-corrected chi connectivity index (χ3v) is 4.26. The number of nitrogens with two attached hydrogens (primary N) is 1. The highest BCUT2D eigenvalue weighted by atomic mass is 35.5. The van der Waals surface area contributed by atoms with Crippen LogP contribution in [0.15, 0.2) is 54.6 Å². The van der Waals surface area contributed by atoms with E-state index in [9.17, 15) is 4.79 Å². The molecule has 2 aromatic carbocycles. The van der Waals surface area contributed by atoms with Gasteiger partial charge in [-0.05, 0) is 22.9 Å². The van der Waals surface area contributed by atoms with Gasteiger partial charge in [-0.25, -0.2) is 4.79 Å². The van der Waals surface area contributed by atoms with Crippen molar-refractivity contribution in [2.24, 2.45) is 0 Å². The Balaban J connectivity index is 1.74. The van der Waals surface area contributed by atoms with Crippen LogP contribution in [0.2, 0.25) is 5.02 Å². The van der Waals surface area contributed by atoms with E-state index in [1.54, 1.807) is 24.3 Å². The number of carbonyl (C=O) groups is 1. The van der Waals surface area contributed by atoms with E-state index in [1.807, 2.05) is 30.3 Å². The number of nitrogens with one attached hydrogen (secondary N) is 1. The lowest BCUT2D eigenvalue weighted by atomic mass is 10.1. The Kier molecular flexibility index (Phi) is 4.39. The molecule has 0 spiro atoms. The molecule has 0 saturated heterocycles. The van der Waals surface area contributed by atoms with E-state index in [0.717, 1.165) is 15.8 Å². The van der Waals surface area contributed by atoms with Gasteiger partial charge in [0, 0.05) is 17.1 Å². The number of carbonyl (C=O) groups excluding carboxylic acids is 1. The average Bonchev–Trinajstić information content (AvgIpc) is 3.09. The van der Waals surface area contributed by atoms with Crippen LogP contribution in [0.5, 0.6) is 0 Å². The number of aromatic nitrogens is 5. The molecule has 27 heavy (non-hydrogen) atoms. The van der Waals surface area contributed by atoms with E-state index >= 15 is 0 Å². The molecule has 0 radical (unpaired) electrons. The Bertz CT molecular complexity index is 1110. The molecule has 0 bridgehead atoms. The fourth-order valence-corrected chi connectivity index (χ4v) is 2.83. The Labute approximate surface area is 159 Å². The molecule has 1 amide bonds. The second-order valence-electron chi connectivity index (χ2n) is 5.78. The highest BCUT2D eigenvalue weighted by molar-refractivity contribution is 6.30. The summed E-state index contributed by atoms with van der Waals surface area (Å²) in [5.41, 5.74) is 8.40. The molecule has 2 heterocycles. The molecule has 4 aromatic rings. The number of benzene rings is 2. The standard InChI is InChI=1S/C18H14ClN7O/c19-13-8-6-12(7-9-13)15-14-16(20)22-25-23-17(14)26(24-15)18(27)21-10-11-4-2-1-3-5-11/h1-9H,10H2,(H,21,27)(H2,20,22,23). The number of amides is 1. The molecule has 0 aliphatic carbocycles. The number of anilines is 1. The molecular weight excluding hydrogens is 366 g/mol. The van der Waals surface area contributed by atoms with Crippen LogP contribution in [0.1, 0.15) is 5.56 Å². The molecule has 2 aromatic heterocycles. The minimum absolute atomic E-state index is 0.145. The van der Waals surface area contributed by atoms with Gasteiger partial charge < -0.3 is 11.1 Å². The van der Waals surface area contributed by atoms with E-state index in [0.29, 0.717) is 22.6 Å². The normalized spacial score (nSPS) is 10.9. The van der Waals surface area contributed by atoms with Gasteiger partial charge in [0.05, 0.1) is 5.39 Å². The summed E-state index contributed by atoms with van der Waals surface area (Å²) in [6.45, 7) is 0.352.